The molecule has 0 aromatic heterocycles. The molecular formula is C17H23N3O4. The van der Waals surface area contributed by atoms with Crippen LogP contribution in [0, 0.1) is 11.8 Å². The van der Waals surface area contributed by atoms with Gasteiger partial charge in [-0.3, -0.25) is 14.4 Å². The third kappa shape index (κ3) is 5.57. The summed E-state index contributed by atoms with van der Waals surface area (Å²) in [6, 6.07) is 6.81. The number of carbonyl (C=O) groups excluding carboxylic acids is 3. The summed E-state index contributed by atoms with van der Waals surface area (Å²) in [6.45, 7) is 2.27. The quantitative estimate of drug-likeness (QED) is 0.659. The van der Waals surface area contributed by atoms with Crippen LogP contribution in [0.4, 0.5) is 5.69 Å². The molecule has 1 saturated carbocycles. The van der Waals surface area contributed by atoms with Gasteiger partial charge in [0.15, 0.2) is 6.61 Å². The molecule has 3 N–H and O–H groups in total. The van der Waals surface area contributed by atoms with Gasteiger partial charge >= 0.3 is 0 Å². The van der Waals surface area contributed by atoms with Gasteiger partial charge in [-0.2, -0.15) is 0 Å². The highest BCUT2D eigenvalue weighted by molar-refractivity contribution is 5.91. The summed E-state index contributed by atoms with van der Waals surface area (Å²) < 4.78 is 5.32. The number of ether oxygens (including phenoxy) is 1. The van der Waals surface area contributed by atoms with Gasteiger partial charge in [0.2, 0.25) is 11.8 Å². The van der Waals surface area contributed by atoms with Gasteiger partial charge in [0.1, 0.15) is 5.75 Å². The minimum Gasteiger partial charge on any atom is -0.484 e. The van der Waals surface area contributed by atoms with Crippen molar-refractivity contribution >= 4 is 23.4 Å². The summed E-state index contributed by atoms with van der Waals surface area (Å²) in [5, 5.41) is 7.98. The average Bonchev–Trinajstić information content (AvgIpc) is 3.29. The second-order valence-electron chi connectivity index (χ2n) is 5.90. The summed E-state index contributed by atoms with van der Waals surface area (Å²) in [7, 11) is 1.53. The van der Waals surface area contributed by atoms with E-state index in [1.165, 1.54) is 7.05 Å². The third-order valence-corrected chi connectivity index (χ3v) is 3.86. The average molecular weight is 333 g/mol. The molecule has 0 bridgehead atoms. The largest absolute Gasteiger partial charge is 0.484 e. The summed E-state index contributed by atoms with van der Waals surface area (Å²) in [5.41, 5.74) is 0.580. The summed E-state index contributed by atoms with van der Waals surface area (Å²) in [4.78, 5) is 34.7. The Morgan fingerprint density at radius 1 is 1.25 bits per heavy atom. The van der Waals surface area contributed by atoms with Gasteiger partial charge in [-0.1, -0.05) is 13.0 Å². The molecule has 2 unspecified atom stereocenters. The lowest BCUT2D eigenvalue weighted by molar-refractivity contribution is -0.123. The lowest BCUT2D eigenvalue weighted by atomic mass is 10.2. The van der Waals surface area contributed by atoms with Crippen LogP contribution in [0.15, 0.2) is 24.3 Å². The lowest BCUT2D eigenvalue weighted by Crippen LogP contribution is -2.29. The van der Waals surface area contributed by atoms with Crippen molar-refractivity contribution in [3.05, 3.63) is 24.3 Å². The van der Waals surface area contributed by atoms with Crippen LogP contribution in [0.25, 0.3) is 0 Å². The zero-order valence-electron chi connectivity index (χ0n) is 13.9. The minimum atomic E-state index is -0.231. The molecule has 0 aliphatic heterocycles. The van der Waals surface area contributed by atoms with E-state index in [9.17, 15) is 14.4 Å². The van der Waals surface area contributed by atoms with Crippen molar-refractivity contribution in [3.8, 4) is 5.75 Å². The summed E-state index contributed by atoms with van der Waals surface area (Å²) in [5.74, 6) is 0.665. The van der Waals surface area contributed by atoms with Crippen LogP contribution in [0.1, 0.15) is 19.8 Å². The molecule has 1 aromatic carbocycles. The molecule has 0 heterocycles. The van der Waals surface area contributed by atoms with Crippen molar-refractivity contribution in [2.75, 3.05) is 25.5 Å². The molecule has 2 atom stereocenters. The fourth-order valence-corrected chi connectivity index (χ4v) is 2.23. The van der Waals surface area contributed by atoms with Gasteiger partial charge in [0.25, 0.3) is 5.91 Å². The van der Waals surface area contributed by atoms with Crippen LogP contribution in [0.5, 0.6) is 5.75 Å². The minimum absolute atomic E-state index is 0.0277. The Balaban J connectivity index is 1.72. The molecular weight excluding hydrogens is 310 g/mol. The van der Waals surface area contributed by atoms with Gasteiger partial charge in [-0.25, -0.2) is 0 Å². The highest BCUT2D eigenvalue weighted by Crippen LogP contribution is 2.37. The Kier molecular flexibility index (Phi) is 6.17. The van der Waals surface area contributed by atoms with Crippen LogP contribution in [-0.4, -0.2) is 37.9 Å². The molecule has 130 valence electrons. The smallest absolute Gasteiger partial charge is 0.257 e. The van der Waals surface area contributed by atoms with Crippen molar-refractivity contribution in [3.63, 3.8) is 0 Å². The van der Waals surface area contributed by atoms with Crippen LogP contribution in [0.2, 0.25) is 0 Å². The first-order valence-electron chi connectivity index (χ1n) is 8.00. The molecule has 7 heteroatoms. The second-order valence-corrected chi connectivity index (χ2v) is 5.90. The van der Waals surface area contributed by atoms with Gasteiger partial charge in [-0.15, -0.1) is 0 Å². The maximum atomic E-state index is 11.9. The molecule has 0 radical (unpaired) electrons. The maximum Gasteiger partial charge on any atom is 0.257 e. The number of rotatable bonds is 8. The zero-order chi connectivity index (χ0) is 17.5. The fourth-order valence-electron chi connectivity index (χ4n) is 2.23. The predicted octanol–water partition coefficient (Wildman–Crippen LogP) is 0.912. The van der Waals surface area contributed by atoms with Crippen molar-refractivity contribution < 1.29 is 19.1 Å². The number of nitrogens with one attached hydrogen (secondary N) is 3. The lowest BCUT2D eigenvalue weighted by Gasteiger charge is -2.09. The fraction of sp³-hybridized carbons (Fsp3) is 0.471. The Morgan fingerprint density at radius 2 is 2.00 bits per heavy atom. The summed E-state index contributed by atoms with van der Waals surface area (Å²) >= 11 is 0. The van der Waals surface area contributed by atoms with E-state index >= 15 is 0 Å². The molecule has 1 fully saturated rings. The van der Waals surface area contributed by atoms with Crippen molar-refractivity contribution in [2.45, 2.75) is 19.8 Å². The van der Waals surface area contributed by atoms with E-state index in [0.717, 1.165) is 6.42 Å². The Bertz CT molecular complexity index is 618. The van der Waals surface area contributed by atoms with Gasteiger partial charge < -0.3 is 20.7 Å². The first kappa shape index (κ1) is 17.8. The van der Waals surface area contributed by atoms with Crippen molar-refractivity contribution in [1.29, 1.82) is 0 Å². The number of likely N-dealkylation sites (N-methyl/N-ethyl adjacent to an activating group) is 1. The molecule has 2 rings (SSSR count). The summed E-state index contributed by atoms with van der Waals surface area (Å²) in [6.07, 6.45) is 1.14. The molecule has 24 heavy (non-hydrogen) atoms. The number of carbonyl (C=O) groups is 3. The van der Waals surface area contributed by atoms with E-state index in [1.807, 2.05) is 6.92 Å². The van der Waals surface area contributed by atoms with Crippen LogP contribution < -0.4 is 20.7 Å². The van der Waals surface area contributed by atoms with Crippen LogP contribution in [0.3, 0.4) is 0 Å². The van der Waals surface area contributed by atoms with Crippen molar-refractivity contribution in [2.24, 2.45) is 11.8 Å². The number of hydrogen-bond acceptors (Lipinski definition) is 4. The third-order valence-electron chi connectivity index (χ3n) is 3.86. The SMILES string of the molecule is CNC(=O)COc1cccc(NC(=O)CCNC(=O)C2CC2C)c1. The van der Waals surface area contributed by atoms with E-state index in [1.54, 1.807) is 24.3 Å². The van der Waals surface area contributed by atoms with Crippen LogP contribution in [-0.2, 0) is 14.4 Å². The second kappa shape index (κ2) is 8.33. The first-order valence-corrected chi connectivity index (χ1v) is 8.00. The van der Waals surface area contributed by atoms with E-state index in [2.05, 4.69) is 16.0 Å². The van der Waals surface area contributed by atoms with Gasteiger partial charge in [-0.05, 0) is 24.5 Å². The van der Waals surface area contributed by atoms with E-state index < -0.39 is 0 Å². The van der Waals surface area contributed by atoms with Crippen LogP contribution >= 0.6 is 0 Å². The van der Waals surface area contributed by atoms with Crippen molar-refractivity contribution in [1.82, 2.24) is 10.6 Å². The molecule has 1 aliphatic rings. The van der Waals surface area contributed by atoms with E-state index in [-0.39, 0.29) is 36.7 Å². The number of amides is 3. The number of benzene rings is 1. The topological polar surface area (TPSA) is 96.5 Å². The molecule has 3 amide bonds. The predicted molar refractivity (Wildman–Crippen MR) is 89.5 cm³/mol. The van der Waals surface area contributed by atoms with E-state index in [4.69, 9.17) is 4.74 Å². The maximum absolute atomic E-state index is 11.9. The molecule has 1 aliphatic carbocycles. The molecule has 0 saturated heterocycles. The zero-order valence-corrected chi connectivity index (χ0v) is 13.9. The van der Waals surface area contributed by atoms with Gasteiger partial charge in [0.05, 0.1) is 0 Å². The standard InChI is InChI=1S/C17H23N3O4/c1-11-8-14(11)17(23)19-7-6-15(21)20-12-4-3-5-13(9-12)24-10-16(22)18-2/h3-5,9,11,14H,6-8,10H2,1-2H3,(H,18,22)(H,19,23)(H,20,21). The highest BCUT2D eigenvalue weighted by atomic mass is 16.5. The Labute approximate surface area is 141 Å². The monoisotopic (exact) mass is 333 g/mol. The Hall–Kier alpha value is -2.57. The molecule has 0 spiro atoms. The normalized spacial score (nSPS) is 18.4. The van der Waals surface area contributed by atoms with E-state index in [0.29, 0.717) is 23.9 Å². The number of hydrogen-bond donors (Lipinski definition) is 3. The number of anilines is 1. The molecule has 7 nitrogen and oxygen atoms in total. The first-order chi connectivity index (χ1) is 11.5. The molecule has 1 aromatic rings. The highest BCUT2D eigenvalue weighted by Gasteiger charge is 2.38. The van der Waals surface area contributed by atoms with Gasteiger partial charge in [0, 0.05) is 37.7 Å². The Morgan fingerprint density at radius 3 is 2.67 bits per heavy atom.